The van der Waals surface area contributed by atoms with Gasteiger partial charge in [-0.1, -0.05) is 76.9 Å². The molecule has 1 fully saturated rings. The summed E-state index contributed by atoms with van der Waals surface area (Å²) >= 11 is 0. The smallest absolute Gasteiger partial charge is 0.254 e. The number of nitrogens with zero attached hydrogens (tertiary/aromatic N) is 4. The molecule has 1 aliphatic heterocycles. The first kappa shape index (κ1) is 20.5. The van der Waals surface area contributed by atoms with E-state index in [9.17, 15) is 4.91 Å². The fraction of sp³-hybridized carbons (Fsp3) is 0.185. The van der Waals surface area contributed by atoms with E-state index < -0.39 is 0 Å². The van der Waals surface area contributed by atoms with Crippen molar-refractivity contribution in [3.8, 4) is 22.5 Å². The first-order chi connectivity index (χ1) is 16.7. The minimum atomic E-state index is 0.354. The summed E-state index contributed by atoms with van der Waals surface area (Å²) in [6.07, 6.45) is 2.81. The fourth-order valence-corrected chi connectivity index (χ4v) is 4.77. The summed E-state index contributed by atoms with van der Waals surface area (Å²) in [5.74, 6) is 0.354. The van der Waals surface area contributed by atoms with Crippen molar-refractivity contribution in [1.29, 1.82) is 0 Å². The minimum absolute atomic E-state index is 0.354. The number of para-hydroxylation sites is 2. The molecule has 7 heteroatoms. The lowest BCUT2D eigenvalue weighted by atomic mass is 10.0. The number of hydrogen-bond donors (Lipinski definition) is 2. The van der Waals surface area contributed by atoms with Gasteiger partial charge >= 0.3 is 0 Å². The van der Waals surface area contributed by atoms with Crippen molar-refractivity contribution in [2.75, 3.05) is 13.1 Å². The molecule has 3 aromatic carbocycles. The number of nitrogens with one attached hydrogen (secondary N) is 2. The van der Waals surface area contributed by atoms with Crippen LogP contribution in [-0.2, 0) is 6.54 Å². The first-order valence-corrected chi connectivity index (χ1v) is 11.6. The maximum Gasteiger partial charge on any atom is 0.254 e. The third kappa shape index (κ3) is 4.02. The zero-order chi connectivity index (χ0) is 22.9. The lowest BCUT2D eigenvalue weighted by molar-refractivity contribution is -0.622. The summed E-state index contributed by atoms with van der Waals surface area (Å²) in [5, 5.41) is 5.46. The van der Waals surface area contributed by atoms with Crippen molar-refractivity contribution in [2.24, 2.45) is 0 Å². The lowest BCUT2D eigenvalue weighted by Crippen LogP contribution is -2.21. The number of benzene rings is 3. The third-order valence-corrected chi connectivity index (χ3v) is 6.53. The second kappa shape index (κ2) is 8.68. The summed E-state index contributed by atoms with van der Waals surface area (Å²) in [4.78, 5) is 23.7. The number of likely N-dealkylation sites (tertiary alicyclic amines) is 1. The van der Waals surface area contributed by atoms with E-state index in [4.69, 9.17) is 9.97 Å². The molecule has 1 unspecified atom stereocenters. The van der Waals surface area contributed by atoms with Gasteiger partial charge in [-0.05, 0) is 30.7 Å². The van der Waals surface area contributed by atoms with Crippen molar-refractivity contribution in [3.63, 3.8) is 0 Å². The number of aromatic nitrogens is 5. The molecule has 0 bridgehead atoms. The predicted molar refractivity (Wildman–Crippen MR) is 132 cm³/mol. The standard InChI is InChI=1S/C27H25N6O/c34-33-28-16-25(31-33)22-14-15-32(18-22)17-19-10-12-21(13-11-19)27-26(20-6-2-1-3-7-20)29-23-8-4-5-9-24(23)30-27/h1-13,16,22H,14-15,17-18H2,(H2,28,31,34)/q+1. The summed E-state index contributed by atoms with van der Waals surface area (Å²) in [6.45, 7) is 2.83. The number of H-pyrrole nitrogens is 2. The number of hydrogen-bond acceptors (Lipinski definition) is 4. The quantitative estimate of drug-likeness (QED) is 0.386. The van der Waals surface area contributed by atoms with Crippen LogP contribution in [-0.4, -0.2) is 38.2 Å². The van der Waals surface area contributed by atoms with Crippen LogP contribution < -0.4 is 4.66 Å². The van der Waals surface area contributed by atoms with Crippen LogP contribution in [0.4, 0.5) is 0 Å². The highest BCUT2D eigenvalue weighted by molar-refractivity contribution is 5.86. The highest BCUT2D eigenvalue weighted by atomic mass is 16.3. The Kier molecular flexibility index (Phi) is 5.24. The summed E-state index contributed by atoms with van der Waals surface area (Å²) in [5.41, 5.74) is 7.93. The molecule has 0 spiro atoms. The average molecular weight is 450 g/mol. The van der Waals surface area contributed by atoms with Crippen molar-refractivity contribution in [3.05, 3.63) is 101 Å². The summed E-state index contributed by atoms with van der Waals surface area (Å²) < 4.78 is 0.649. The Morgan fingerprint density at radius 2 is 1.50 bits per heavy atom. The molecule has 1 saturated heterocycles. The van der Waals surface area contributed by atoms with E-state index in [1.807, 2.05) is 42.5 Å². The highest BCUT2D eigenvalue weighted by Gasteiger charge is 2.26. The highest BCUT2D eigenvalue weighted by Crippen LogP contribution is 2.32. The Hall–Kier alpha value is -4.10. The Balaban J connectivity index is 1.27. The van der Waals surface area contributed by atoms with Gasteiger partial charge in [-0.25, -0.2) is 9.97 Å². The normalized spacial score (nSPS) is 16.3. The predicted octanol–water partition coefficient (Wildman–Crippen LogP) is 4.52. The molecular formula is C27H25N6O+. The van der Waals surface area contributed by atoms with Crippen LogP contribution in [0.15, 0.2) is 85.1 Å². The van der Waals surface area contributed by atoms with Gasteiger partial charge in [0.1, 0.15) is 5.69 Å². The van der Waals surface area contributed by atoms with Crippen LogP contribution in [0.3, 0.4) is 0 Å². The van der Waals surface area contributed by atoms with E-state index >= 15 is 0 Å². The zero-order valence-electron chi connectivity index (χ0n) is 18.7. The molecule has 2 N–H and O–H groups in total. The fourth-order valence-electron chi connectivity index (χ4n) is 4.77. The van der Waals surface area contributed by atoms with Crippen LogP contribution in [0.5, 0.6) is 0 Å². The van der Waals surface area contributed by atoms with Gasteiger partial charge in [-0.2, -0.15) is 0 Å². The van der Waals surface area contributed by atoms with Crippen molar-refractivity contribution in [2.45, 2.75) is 18.9 Å². The van der Waals surface area contributed by atoms with Gasteiger partial charge in [0.05, 0.1) is 33.5 Å². The van der Waals surface area contributed by atoms with Gasteiger partial charge in [-0.3, -0.25) is 4.90 Å². The van der Waals surface area contributed by atoms with Crippen LogP contribution in [0, 0.1) is 4.91 Å². The molecule has 2 aromatic heterocycles. The van der Waals surface area contributed by atoms with Crippen LogP contribution >= 0.6 is 0 Å². The van der Waals surface area contributed by atoms with E-state index in [1.165, 1.54) is 5.56 Å². The SMILES string of the molecule is O=[n+]1[nH]cc(C2CCN(Cc3ccc(-c4nc5ccccc5nc4-c4ccccc4)cc3)C2)[nH]1. The maximum atomic E-state index is 11.3. The second-order valence-corrected chi connectivity index (χ2v) is 8.83. The Labute approximate surface area is 196 Å². The molecule has 6 rings (SSSR count). The topological polar surface area (TPSA) is 83.6 Å². The molecule has 0 aliphatic carbocycles. The molecular weight excluding hydrogens is 424 g/mol. The molecule has 7 nitrogen and oxygen atoms in total. The second-order valence-electron chi connectivity index (χ2n) is 8.83. The van der Waals surface area contributed by atoms with Crippen molar-refractivity contribution in [1.82, 2.24) is 25.1 Å². The summed E-state index contributed by atoms with van der Waals surface area (Å²) in [6, 6.07) is 26.9. The third-order valence-electron chi connectivity index (χ3n) is 6.53. The maximum absolute atomic E-state index is 11.3. The molecule has 1 aliphatic rings. The molecule has 3 heterocycles. The van der Waals surface area contributed by atoms with Crippen LogP contribution in [0.2, 0.25) is 0 Å². The van der Waals surface area contributed by atoms with Gasteiger partial charge < -0.3 is 0 Å². The number of rotatable bonds is 5. The van der Waals surface area contributed by atoms with Crippen LogP contribution in [0.1, 0.15) is 23.6 Å². The van der Waals surface area contributed by atoms with Gasteiger partial charge in [0.15, 0.2) is 0 Å². The molecule has 34 heavy (non-hydrogen) atoms. The Bertz CT molecular complexity index is 1490. The van der Waals surface area contributed by atoms with Gasteiger partial charge in [0.25, 0.3) is 4.66 Å². The van der Waals surface area contributed by atoms with Gasteiger partial charge in [0, 0.05) is 30.1 Å². The zero-order valence-corrected chi connectivity index (χ0v) is 18.7. The van der Waals surface area contributed by atoms with E-state index in [0.29, 0.717) is 10.6 Å². The molecule has 0 saturated carbocycles. The Morgan fingerprint density at radius 1 is 0.853 bits per heavy atom. The van der Waals surface area contributed by atoms with E-state index in [2.05, 4.69) is 51.5 Å². The van der Waals surface area contributed by atoms with E-state index in [0.717, 1.165) is 65.3 Å². The minimum Gasteiger partial charge on any atom is -0.298 e. The van der Waals surface area contributed by atoms with Gasteiger partial charge in [0.2, 0.25) is 0 Å². The largest absolute Gasteiger partial charge is 0.298 e. The Morgan fingerprint density at radius 3 is 2.15 bits per heavy atom. The van der Waals surface area contributed by atoms with E-state index in [-0.39, 0.29) is 0 Å². The first-order valence-electron chi connectivity index (χ1n) is 11.6. The molecule has 0 radical (unpaired) electrons. The van der Waals surface area contributed by atoms with Crippen molar-refractivity contribution >= 4 is 11.0 Å². The molecule has 168 valence electrons. The number of aromatic amines is 2. The van der Waals surface area contributed by atoms with Gasteiger partial charge in [-0.15, -0.1) is 0 Å². The monoisotopic (exact) mass is 449 g/mol. The number of fused-ring (bicyclic) bond motifs is 1. The van der Waals surface area contributed by atoms with Crippen LogP contribution in [0.25, 0.3) is 33.5 Å². The van der Waals surface area contributed by atoms with E-state index in [1.54, 1.807) is 6.20 Å². The average Bonchev–Trinajstić information content (AvgIpc) is 3.53. The molecule has 5 aromatic rings. The molecule has 1 atom stereocenters. The summed E-state index contributed by atoms with van der Waals surface area (Å²) in [7, 11) is 0. The lowest BCUT2D eigenvalue weighted by Gasteiger charge is -2.16. The molecule has 0 amide bonds. The van der Waals surface area contributed by atoms with Crippen molar-refractivity contribution < 1.29 is 4.66 Å².